The molecule has 1 rings (SSSR count). The van der Waals surface area contributed by atoms with Crippen molar-refractivity contribution in [3.05, 3.63) is 0 Å². The largest absolute Gasteiger partial charge is 0.300 e. The zero-order valence-electron chi connectivity index (χ0n) is 4.23. The van der Waals surface area contributed by atoms with Crippen LogP contribution in [-0.4, -0.2) is 12.2 Å². The Balaban J connectivity index is 2.25. The number of carbonyl (C=O) groups is 1. The SMILES string of the molecule is O=C1CC(C(F)F)C1. The molecular formula is C5H6F2O. The van der Waals surface area contributed by atoms with Crippen LogP contribution < -0.4 is 0 Å². The summed E-state index contributed by atoms with van der Waals surface area (Å²) in [7, 11) is 0. The van der Waals surface area contributed by atoms with Crippen LogP contribution in [0.4, 0.5) is 8.78 Å². The molecule has 1 nitrogen and oxygen atoms in total. The van der Waals surface area contributed by atoms with E-state index in [0.717, 1.165) is 0 Å². The van der Waals surface area contributed by atoms with Gasteiger partial charge in [0.1, 0.15) is 5.78 Å². The van der Waals surface area contributed by atoms with E-state index in [-0.39, 0.29) is 18.6 Å². The second-order valence-corrected chi connectivity index (χ2v) is 2.04. The van der Waals surface area contributed by atoms with Gasteiger partial charge in [-0.1, -0.05) is 0 Å². The van der Waals surface area contributed by atoms with Crippen molar-refractivity contribution < 1.29 is 13.6 Å². The molecule has 1 saturated carbocycles. The summed E-state index contributed by atoms with van der Waals surface area (Å²) in [5, 5.41) is 0. The number of hydrogen-bond donors (Lipinski definition) is 0. The van der Waals surface area contributed by atoms with E-state index >= 15 is 0 Å². The summed E-state index contributed by atoms with van der Waals surface area (Å²) >= 11 is 0. The van der Waals surface area contributed by atoms with E-state index in [9.17, 15) is 13.6 Å². The predicted molar refractivity (Wildman–Crippen MR) is 23.7 cm³/mol. The average molecular weight is 120 g/mol. The topological polar surface area (TPSA) is 17.1 Å². The number of halogens is 2. The third kappa shape index (κ3) is 0.854. The molecule has 1 aliphatic carbocycles. The molecule has 46 valence electrons. The highest BCUT2D eigenvalue weighted by atomic mass is 19.3. The van der Waals surface area contributed by atoms with Gasteiger partial charge in [0.2, 0.25) is 6.43 Å². The molecule has 0 heterocycles. The van der Waals surface area contributed by atoms with Crippen molar-refractivity contribution in [3.8, 4) is 0 Å². The van der Waals surface area contributed by atoms with Crippen molar-refractivity contribution in [2.45, 2.75) is 19.3 Å². The highest BCUT2D eigenvalue weighted by Crippen LogP contribution is 2.28. The summed E-state index contributed by atoms with van der Waals surface area (Å²) < 4.78 is 23.0. The summed E-state index contributed by atoms with van der Waals surface area (Å²) in [4.78, 5) is 10.1. The molecule has 0 bridgehead atoms. The second kappa shape index (κ2) is 1.80. The van der Waals surface area contributed by atoms with Crippen LogP contribution >= 0.6 is 0 Å². The molecule has 0 N–H and O–H groups in total. The average Bonchev–Trinajstić information content (AvgIpc) is 1.57. The van der Waals surface area contributed by atoms with Crippen LogP contribution in [-0.2, 0) is 4.79 Å². The van der Waals surface area contributed by atoms with Gasteiger partial charge in [0.05, 0.1) is 0 Å². The van der Waals surface area contributed by atoms with Crippen LogP contribution in [0.3, 0.4) is 0 Å². The highest BCUT2D eigenvalue weighted by molar-refractivity contribution is 5.84. The molecule has 3 heteroatoms. The number of rotatable bonds is 1. The van der Waals surface area contributed by atoms with Gasteiger partial charge in [0.15, 0.2) is 0 Å². The van der Waals surface area contributed by atoms with Crippen LogP contribution in [0.5, 0.6) is 0 Å². The van der Waals surface area contributed by atoms with Gasteiger partial charge in [-0.2, -0.15) is 0 Å². The maximum atomic E-state index is 11.5. The first-order valence-electron chi connectivity index (χ1n) is 2.50. The van der Waals surface area contributed by atoms with E-state index in [1.54, 1.807) is 0 Å². The fourth-order valence-electron chi connectivity index (χ4n) is 0.703. The molecule has 0 aromatic heterocycles. The maximum Gasteiger partial charge on any atom is 0.242 e. The molecule has 1 aliphatic rings. The van der Waals surface area contributed by atoms with Crippen LogP contribution in [0.15, 0.2) is 0 Å². The van der Waals surface area contributed by atoms with Crippen molar-refractivity contribution in [1.82, 2.24) is 0 Å². The fourth-order valence-corrected chi connectivity index (χ4v) is 0.703. The Bertz CT molecular complexity index is 103. The first-order valence-corrected chi connectivity index (χ1v) is 2.50. The summed E-state index contributed by atoms with van der Waals surface area (Å²) in [5.74, 6) is -0.655. The van der Waals surface area contributed by atoms with Gasteiger partial charge in [-0.25, -0.2) is 8.78 Å². The zero-order valence-corrected chi connectivity index (χ0v) is 4.23. The quantitative estimate of drug-likeness (QED) is 0.508. The van der Waals surface area contributed by atoms with Gasteiger partial charge in [-0.05, 0) is 0 Å². The number of Topliss-reactive ketones (excluding diaryl/α,β-unsaturated/α-hetero) is 1. The first-order chi connectivity index (χ1) is 3.70. The van der Waals surface area contributed by atoms with E-state index in [2.05, 4.69) is 0 Å². The van der Waals surface area contributed by atoms with Gasteiger partial charge in [0.25, 0.3) is 0 Å². The normalized spacial score (nSPS) is 21.6. The van der Waals surface area contributed by atoms with Crippen molar-refractivity contribution in [2.75, 3.05) is 0 Å². The third-order valence-electron chi connectivity index (χ3n) is 1.34. The Labute approximate surface area is 45.7 Å². The fraction of sp³-hybridized carbons (Fsp3) is 0.800. The predicted octanol–water partition coefficient (Wildman–Crippen LogP) is 1.23. The van der Waals surface area contributed by atoms with Crippen LogP contribution in [0.1, 0.15) is 12.8 Å². The highest BCUT2D eigenvalue weighted by Gasteiger charge is 2.33. The molecule has 0 aromatic rings. The van der Waals surface area contributed by atoms with Crippen LogP contribution in [0.2, 0.25) is 0 Å². The van der Waals surface area contributed by atoms with E-state index in [1.165, 1.54) is 0 Å². The summed E-state index contributed by atoms with van der Waals surface area (Å²) in [6, 6.07) is 0. The van der Waals surface area contributed by atoms with Gasteiger partial charge in [-0.3, -0.25) is 4.79 Å². The van der Waals surface area contributed by atoms with Gasteiger partial charge in [0, 0.05) is 18.8 Å². The number of hydrogen-bond acceptors (Lipinski definition) is 1. The van der Waals surface area contributed by atoms with E-state index in [0.29, 0.717) is 0 Å². The van der Waals surface area contributed by atoms with Crippen molar-refractivity contribution >= 4 is 5.78 Å². The molecule has 8 heavy (non-hydrogen) atoms. The molecule has 0 saturated heterocycles. The summed E-state index contributed by atoms with van der Waals surface area (Å²) in [6.07, 6.45) is -2.09. The minimum atomic E-state index is -2.28. The van der Waals surface area contributed by atoms with E-state index in [1.807, 2.05) is 0 Å². The zero-order chi connectivity index (χ0) is 6.15. The molecule has 0 atom stereocenters. The second-order valence-electron chi connectivity index (χ2n) is 2.04. The van der Waals surface area contributed by atoms with Crippen molar-refractivity contribution in [3.63, 3.8) is 0 Å². The molecule has 0 unspecified atom stereocenters. The first kappa shape index (κ1) is 5.66. The minimum absolute atomic E-state index is 0.0321. The lowest BCUT2D eigenvalue weighted by molar-refractivity contribution is -0.131. The number of carbonyl (C=O) groups excluding carboxylic acids is 1. The Kier molecular flexibility index (Phi) is 1.27. The summed E-state index contributed by atoms with van der Waals surface area (Å²) in [5.41, 5.74) is 0. The Morgan fingerprint density at radius 1 is 1.50 bits per heavy atom. The lowest BCUT2D eigenvalue weighted by Crippen LogP contribution is -2.28. The minimum Gasteiger partial charge on any atom is -0.300 e. The van der Waals surface area contributed by atoms with Gasteiger partial charge >= 0.3 is 0 Å². The third-order valence-corrected chi connectivity index (χ3v) is 1.34. The number of alkyl halides is 2. The van der Waals surface area contributed by atoms with Crippen LogP contribution in [0.25, 0.3) is 0 Å². The van der Waals surface area contributed by atoms with Crippen molar-refractivity contribution in [1.29, 1.82) is 0 Å². The standard InChI is InChI=1S/C5H6F2O/c6-5(7)3-1-4(8)2-3/h3,5H,1-2H2. The summed E-state index contributed by atoms with van der Waals surface area (Å²) in [6.45, 7) is 0. The Morgan fingerprint density at radius 3 is 2.12 bits per heavy atom. The van der Waals surface area contributed by atoms with Gasteiger partial charge < -0.3 is 0 Å². The van der Waals surface area contributed by atoms with Crippen molar-refractivity contribution in [2.24, 2.45) is 5.92 Å². The Hall–Kier alpha value is -0.470. The Morgan fingerprint density at radius 2 is 2.00 bits per heavy atom. The molecule has 1 fully saturated rings. The lowest BCUT2D eigenvalue weighted by Gasteiger charge is -2.22. The molecule has 0 radical (unpaired) electrons. The van der Waals surface area contributed by atoms with Crippen LogP contribution in [0, 0.1) is 5.92 Å². The monoisotopic (exact) mass is 120 g/mol. The van der Waals surface area contributed by atoms with Gasteiger partial charge in [-0.15, -0.1) is 0 Å². The lowest BCUT2D eigenvalue weighted by atomic mass is 9.84. The molecular weight excluding hydrogens is 114 g/mol. The molecule has 0 spiro atoms. The molecule has 0 aliphatic heterocycles. The molecule has 0 aromatic carbocycles. The molecule has 0 amide bonds. The van der Waals surface area contributed by atoms with E-state index < -0.39 is 12.3 Å². The maximum absolute atomic E-state index is 11.5. The smallest absolute Gasteiger partial charge is 0.242 e. The van der Waals surface area contributed by atoms with E-state index in [4.69, 9.17) is 0 Å². The number of ketones is 1.